The van der Waals surface area contributed by atoms with Crippen molar-refractivity contribution in [2.75, 3.05) is 0 Å². The van der Waals surface area contributed by atoms with Crippen molar-refractivity contribution in [3.05, 3.63) is 52.0 Å². The number of nitrogens with two attached hydrogens (primary N) is 1. The van der Waals surface area contributed by atoms with Gasteiger partial charge in [-0.3, -0.25) is 0 Å². The fourth-order valence-electron chi connectivity index (χ4n) is 2.09. The van der Waals surface area contributed by atoms with Crippen LogP contribution in [0.4, 0.5) is 0 Å². The lowest BCUT2D eigenvalue weighted by Gasteiger charge is -2.18. The summed E-state index contributed by atoms with van der Waals surface area (Å²) in [4.78, 5) is 4.47. The minimum atomic E-state index is 0.508. The number of aromatic nitrogens is 1. The summed E-state index contributed by atoms with van der Waals surface area (Å²) in [6, 6.07) is 8.61. The van der Waals surface area contributed by atoms with Gasteiger partial charge >= 0.3 is 0 Å². The molecule has 1 aromatic heterocycles. The summed E-state index contributed by atoms with van der Waals surface area (Å²) in [6.07, 6.45) is 2.95. The summed E-state index contributed by atoms with van der Waals surface area (Å²) < 4.78 is 0. The Bertz CT molecular complexity index is 460. The van der Waals surface area contributed by atoms with E-state index in [4.69, 9.17) is 5.73 Å². The lowest BCUT2D eigenvalue weighted by Crippen LogP contribution is -2.10. The molecule has 0 saturated carbocycles. The van der Waals surface area contributed by atoms with Crippen LogP contribution in [0.5, 0.6) is 0 Å². The van der Waals surface area contributed by atoms with E-state index in [-0.39, 0.29) is 0 Å². The molecule has 0 bridgehead atoms. The van der Waals surface area contributed by atoms with E-state index < -0.39 is 0 Å². The maximum atomic E-state index is 5.62. The molecule has 1 atom stereocenters. The molecular weight excluding hydrogens is 240 g/mol. The molecule has 0 saturated heterocycles. The molecule has 2 rings (SSSR count). The van der Waals surface area contributed by atoms with Crippen LogP contribution in [0.25, 0.3) is 0 Å². The van der Waals surface area contributed by atoms with Gasteiger partial charge in [0.15, 0.2) is 0 Å². The molecule has 1 aromatic carbocycles. The van der Waals surface area contributed by atoms with Crippen molar-refractivity contribution in [3.63, 3.8) is 0 Å². The van der Waals surface area contributed by atoms with Crippen LogP contribution in [0.3, 0.4) is 0 Å². The number of hydrogen-bond donors (Lipinski definition) is 1. The summed E-state index contributed by atoms with van der Waals surface area (Å²) in [5, 5.41) is 3.30. The normalized spacial score (nSPS) is 12.9. The largest absolute Gasteiger partial charge is 0.326 e. The predicted octanol–water partition coefficient (Wildman–Crippen LogP) is 3.58. The minimum Gasteiger partial charge on any atom is -0.326 e. The number of thiazole rings is 1. The van der Waals surface area contributed by atoms with E-state index in [9.17, 15) is 0 Å². The molecule has 2 N–H and O–H groups in total. The molecule has 0 radical (unpaired) electrons. The summed E-state index contributed by atoms with van der Waals surface area (Å²) in [5.41, 5.74) is 8.17. The highest BCUT2D eigenvalue weighted by molar-refractivity contribution is 7.09. The molecule has 3 heteroatoms. The van der Waals surface area contributed by atoms with Gasteiger partial charge in [-0.15, -0.1) is 11.3 Å². The van der Waals surface area contributed by atoms with Gasteiger partial charge in [0.25, 0.3) is 0 Å². The zero-order valence-corrected chi connectivity index (χ0v) is 11.8. The van der Waals surface area contributed by atoms with Crippen molar-refractivity contribution in [2.24, 2.45) is 11.7 Å². The SMILES string of the molecule is CC(C)C(Cc1ccc(CN)cc1)c1nccs1. The Balaban J connectivity index is 2.13. The van der Waals surface area contributed by atoms with Crippen molar-refractivity contribution >= 4 is 11.3 Å². The van der Waals surface area contributed by atoms with Gasteiger partial charge in [-0.05, 0) is 23.5 Å². The lowest BCUT2D eigenvalue weighted by atomic mass is 9.89. The average molecular weight is 260 g/mol. The quantitative estimate of drug-likeness (QED) is 0.892. The van der Waals surface area contributed by atoms with E-state index >= 15 is 0 Å². The van der Waals surface area contributed by atoms with Gasteiger partial charge in [0.05, 0.1) is 5.01 Å². The van der Waals surface area contributed by atoms with E-state index in [1.54, 1.807) is 11.3 Å². The zero-order chi connectivity index (χ0) is 13.0. The molecule has 0 fully saturated rings. The van der Waals surface area contributed by atoms with Gasteiger partial charge in [0.2, 0.25) is 0 Å². The van der Waals surface area contributed by atoms with Crippen molar-refractivity contribution in [1.29, 1.82) is 0 Å². The van der Waals surface area contributed by atoms with Crippen molar-refractivity contribution in [1.82, 2.24) is 4.98 Å². The van der Waals surface area contributed by atoms with Crippen molar-refractivity contribution < 1.29 is 0 Å². The predicted molar refractivity (Wildman–Crippen MR) is 77.7 cm³/mol. The maximum Gasteiger partial charge on any atom is 0.0961 e. The molecule has 0 aliphatic heterocycles. The molecule has 18 heavy (non-hydrogen) atoms. The lowest BCUT2D eigenvalue weighted by molar-refractivity contribution is 0.493. The monoisotopic (exact) mass is 260 g/mol. The van der Waals surface area contributed by atoms with E-state index in [0.29, 0.717) is 18.4 Å². The topological polar surface area (TPSA) is 38.9 Å². The van der Waals surface area contributed by atoms with Crippen LogP contribution in [-0.2, 0) is 13.0 Å². The van der Waals surface area contributed by atoms with Crippen LogP contribution in [0, 0.1) is 5.92 Å². The third-order valence-corrected chi connectivity index (χ3v) is 4.20. The Morgan fingerprint density at radius 3 is 2.33 bits per heavy atom. The first kappa shape index (κ1) is 13.2. The Kier molecular flexibility index (Phi) is 4.50. The second-order valence-corrected chi connectivity index (χ2v) is 5.87. The van der Waals surface area contributed by atoms with Gasteiger partial charge in [0, 0.05) is 24.0 Å². The summed E-state index contributed by atoms with van der Waals surface area (Å²) >= 11 is 1.76. The van der Waals surface area contributed by atoms with E-state index in [1.807, 2.05) is 6.20 Å². The second-order valence-electron chi connectivity index (χ2n) is 4.95. The van der Waals surface area contributed by atoms with Crippen LogP contribution in [0.2, 0.25) is 0 Å². The van der Waals surface area contributed by atoms with Crippen LogP contribution >= 0.6 is 11.3 Å². The molecule has 0 aliphatic rings. The van der Waals surface area contributed by atoms with E-state index in [1.165, 1.54) is 16.1 Å². The molecule has 2 aromatic rings. The number of rotatable bonds is 5. The number of nitrogens with zero attached hydrogens (tertiary/aromatic N) is 1. The molecule has 1 unspecified atom stereocenters. The third-order valence-electron chi connectivity index (χ3n) is 3.29. The van der Waals surface area contributed by atoms with Crippen LogP contribution < -0.4 is 5.73 Å². The first-order valence-electron chi connectivity index (χ1n) is 6.38. The third kappa shape index (κ3) is 3.18. The highest BCUT2D eigenvalue weighted by atomic mass is 32.1. The van der Waals surface area contributed by atoms with Crippen molar-refractivity contribution in [3.8, 4) is 0 Å². The Hall–Kier alpha value is -1.19. The zero-order valence-electron chi connectivity index (χ0n) is 11.0. The van der Waals surface area contributed by atoms with Gasteiger partial charge in [-0.25, -0.2) is 4.98 Å². The molecule has 0 amide bonds. The first-order chi connectivity index (χ1) is 8.70. The van der Waals surface area contributed by atoms with Gasteiger partial charge in [0.1, 0.15) is 0 Å². The molecule has 0 aliphatic carbocycles. The Labute approximate surface area is 113 Å². The molecule has 1 heterocycles. The average Bonchev–Trinajstić information content (AvgIpc) is 2.90. The van der Waals surface area contributed by atoms with Gasteiger partial charge < -0.3 is 5.73 Å². The first-order valence-corrected chi connectivity index (χ1v) is 7.26. The molecule has 0 spiro atoms. The fourth-order valence-corrected chi connectivity index (χ4v) is 3.00. The van der Waals surface area contributed by atoms with Crippen LogP contribution in [0.1, 0.15) is 35.9 Å². The highest BCUT2D eigenvalue weighted by Gasteiger charge is 2.18. The van der Waals surface area contributed by atoms with E-state index in [0.717, 1.165) is 6.42 Å². The van der Waals surface area contributed by atoms with Gasteiger partial charge in [-0.1, -0.05) is 38.1 Å². The standard InChI is InChI=1S/C15H20N2S/c1-11(2)14(15-17-7-8-18-15)9-12-3-5-13(10-16)6-4-12/h3-8,11,14H,9-10,16H2,1-2H3. The number of hydrogen-bond acceptors (Lipinski definition) is 3. The Morgan fingerprint density at radius 2 is 1.83 bits per heavy atom. The number of benzene rings is 1. The van der Waals surface area contributed by atoms with Crippen LogP contribution in [0.15, 0.2) is 35.8 Å². The summed E-state index contributed by atoms with van der Waals surface area (Å²) in [5.74, 6) is 1.11. The van der Waals surface area contributed by atoms with Gasteiger partial charge in [-0.2, -0.15) is 0 Å². The van der Waals surface area contributed by atoms with Crippen molar-refractivity contribution in [2.45, 2.75) is 32.7 Å². The molecule has 2 nitrogen and oxygen atoms in total. The highest BCUT2D eigenvalue weighted by Crippen LogP contribution is 2.29. The van der Waals surface area contributed by atoms with E-state index in [2.05, 4.69) is 48.5 Å². The smallest absolute Gasteiger partial charge is 0.0961 e. The fraction of sp³-hybridized carbons (Fsp3) is 0.400. The minimum absolute atomic E-state index is 0.508. The molecule has 96 valence electrons. The summed E-state index contributed by atoms with van der Waals surface area (Å²) in [7, 11) is 0. The van der Waals surface area contributed by atoms with Crippen LogP contribution in [-0.4, -0.2) is 4.98 Å². The maximum absolute atomic E-state index is 5.62. The second kappa shape index (κ2) is 6.12. The molecular formula is C15H20N2S. The summed E-state index contributed by atoms with van der Waals surface area (Å²) in [6.45, 7) is 5.14. The Morgan fingerprint density at radius 1 is 1.17 bits per heavy atom.